The summed E-state index contributed by atoms with van der Waals surface area (Å²) in [4.78, 5) is 24.7. The molecule has 3 rings (SSSR count). The van der Waals surface area contributed by atoms with Crippen molar-refractivity contribution in [3.63, 3.8) is 0 Å². The molecule has 3 N–H and O–H groups in total. The monoisotopic (exact) mass is 487 g/mol. The summed E-state index contributed by atoms with van der Waals surface area (Å²) in [6.07, 6.45) is -0.459. The third-order valence-corrected chi connectivity index (χ3v) is 5.80. The molecule has 2 aromatic carbocycles. The molecule has 164 valence electrons. The Labute approximate surface area is 200 Å². The highest BCUT2D eigenvalue weighted by atomic mass is 35.5. The van der Waals surface area contributed by atoms with Crippen molar-refractivity contribution in [2.75, 3.05) is 7.11 Å². The molecule has 0 aromatic heterocycles. The van der Waals surface area contributed by atoms with Crippen LogP contribution in [-0.2, 0) is 11.2 Å². The number of alkyl carbamates (subject to hydrolysis) is 1. The van der Waals surface area contributed by atoms with E-state index < -0.39 is 11.5 Å². The van der Waals surface area contributed by atoms with Gasteiger partial charge in [-0.25, -0.2) is 4.79 Å². The molecule has 6 nitrogen and oxygen atoms in total. The van der Waals surface area contributed by atoms with Gasteiger partial charge in [0.2, 0.25) is 0 Å². The number of methoxy groups -OCH3 is 1. The molecule has 1 aliphatic rings. The fourth-order valence-electron chi connectivity index (χ4n) is 3.17. The van der Waals surface area contributed by atoms with Crippen molar-refractivity contribution in [3.05, 3.63) is 93.7 Å². The van der Waals surface area contributed by atoms with Crippen LogP contribution in [0.1, 0.15) is 15.9 Å². The molecule has 0 bridgehead atoms. The van der Waals surface area contributed by atoms with Crippen LogP contribution in [0.3, 0.4) is 0 Å². The summed E-state index contributed by atoms with van der Waals surface area (Å²) in [7, 11) is 1.20. The second kappa shape index (κ2) is 10.5. The van der Waals surface area contributed by atoms with E-state index >= 15 is 0 Å². The van der Waals surface area contributed by atoms with Gasteiger partial charge in [-0.2, -0.15) is 0 Å². The molecule has 1 unspecified atom stereocenters. The molecule has 0 saturated heterocycles. The Kier molecular flexibility index (Phi) is 7.80. The number of amides is 1. The van der Waals surface area contributed by atoms with Gasteiger partial charge in [-0.3, -0.25) is 10.1 Å². The van der Waals surface area contributed by atoms with Crippen molar-refractivity contribution >= 4 is 58.1 Å². The van der Waals surface area contributed by atoms with E-state index in [1.807, 2.05) is 30.3 Å². The van der Waals surface area contributed by atoms with Crippen LogP contribution >= 0.6 is 35.4 Å². The van der Waals surface area contributed by atoms with Gasteiger partial charge in [0, 0.05) is 23.1 Å². The molecule has 0 saturated carbocycles. The fourth-order valence-corrected chi connectivity index (χ4v) is 4.09. The van der Waals surface area contributed by atoms with E-state index in [4.69, 9.17) is 40.8 Å². The third-order valence-electron chi connectivity index (χ3n) is 4.72. The van der Waals surface area contributed by atoms with E-state index in [-0.39, 0.29) is 32.9 Å². The number of nitrogens with one attached hydrogen (secondary N) is 3. The smallest absolute Gasteiger partial charge is 0.413 e. The Hall–Kier alpha value is -3.00. The summed E-state index contributed by atoms with van der Waals surface area (Å²) < 4.78 is 4.55. The minimum atomic E-state index is -1.11. The van der Waals surface area contributed by atoms with Gasteiger partial charge in [-0.15, -0.1) is 11.6 Å². The number of Topliss-reactive ketones (excluding diaryl/α,β-unsaturated/α-hetero) is 1. The second-order valence-electron chi connectivity index (χ2n) is 6.79. The van der Waals surface area contributed by atoms with E-state index in [9.17, 15) is 9.59 Å². The minimum Gasteiger partial charge on any atom is -0.453 e. The fraction of sp³-hybridized carbons (Fsp3) is 0.130. The third kappa shape index (κ3) is 5.24. The van der Waals surface area contributed by atoms with Gasteiger partial charge < -0.3 is 15.5 Å². The maximum Gasteiger partial charge on any atom is 0.413 e. The van der Waals surface area contributed by atoms with Crippen molar-refractivity contribution in [1.82, 2.24) is 10.6 Å². The number of ether oxygens (including phenoxy) is 1. The predicted molar refractivity (Wildman–Crippen MR) is 129 cm³/mol. The lowest BCUT2D eigenvalue weighted by Crippen LogP contribution is -2.43. The first-order valence-electron chi connectivity index (χ1n) is 9.49. The normalized spacial score (nSPS) is 16.0. The molecular weight excluding hydrogens is 469 g/mol. The van der Waals surface area contributed by atoms with Gasteiger partial charge in [0.15, 0.2) is 10.9 Å². The number of allylic oxidation sites excluding steroid dienone is 4. The molecule has 9 heteroatoms. The number of halogens is 2. The molecular formula is C23H19Cl2N3O3S. The topological polar surface area (TPSA) is 91.3 Å². The van der Waals surface area contributed by atoms with Gasteiger partial charge in [-0.05, 0) is 17.8 Å². The van der Waals surface area contributed by atoms with Crippen LogP contribution < -0.4 is 10.6 Å². The summed E-state index contributed by atoms with van der Waals surface area (Å²) in [6.45, 7) is 0. The summed E-state index contributed by atoms with van der Waals surface area (Å²) in [6, 6.07) is 18.0. The first kappa shape index (κ1) is 23.7. The maximum absolute atomic E-state index is 13.2. The number of thiocarbonyl (C=S) groups is 1. The van der Waals surface area contributed by atoms with Crippen LogP contribution in [0.25, 0.3) is 0 Å². The van der Waals surface area contributed by atoms with Gasteiger partial charge in [0.25, 0.3) is 0 Å². The van der Waals surface area contributed by atoms with E-state index in [2.05, 4.69) is 15.4 Å². The van der Waals surface area contributed by atoms with Gasteiger partial charge in [0.1, 0.15) is 5.38 Å². The molecule has 1 aliphatic carbocycles. The first-order chi connectivity index (χ1) is 15.3. The van der Waals surface area contributed by atoms with Crippen LogP contribution in [0.5, 0.6) is 0 Å². The molecule has 2 aromatic rings. The maximum atomic E-state index is 13.2. The largest absolute Gasteiger partial charge is 0.453 e. The summed E-state index contributed by atoms with van der Waals surface area (Å²) >= 11 is 18.4. The van der Waals surface area contributed by atoms with Gasteiger partial charge in [-0.1, -0.05) is 72.3 Å². The predicted octanol–water partition coefficient (Wildman–Crippen LogP) is 4.73. The molecule has 0 aliphatic heterocycles. The number of hydrogen-bond donors (Lipinski definition) is 3. The highest BCUT2D eigenvalue weighted by Crippen LogP contribution is 2.36. The second-order valence-corrected chi connectivity index (χ2v) is 8.01. The SMILES string of the molecule is COC(=O)NC(=S)NC1=C(Cc2ccccc2)C(Cl)=C(C(=O)c2ccccc2)C(Cl)C1=N. The highest BCUT2D eigenvalue weighted by Gasteiger charge is 2.36. The van der Waals surface area contributed by atoms with Crippen molar-refractivity contribution < 1.29 is 14.3 Å². The Morgan fingerprint density at radius 3 is 2.28 bits per heavy atom. The van der Waals surface area contributed by atoms with Crippen molar-refractivity contribution in [2.45, 2.75) is 11.8 Å². The van der Waals surface area contributed by atoms with Crippen molar-refractivity contribution in [3.8, 4) is 0 Å². The van der Waals surface area contributed by atoms with Crippen molar-refractivity contribution in [1.29, 1.82) is 5.41 Å². The molecule has 0 heterocycles. The molecule has 32 heavy (non-hydrogen) atoms. The van der Waals surface area contributed by atoms with E-state index in [1.165, 1.54) is 7.11 Å². The van der Waals surface area contributed by atoms with E-state index in [0.29, 0.717) is 17.6 Å². The van der Waals surface area contributed by atoms with E-state index in [0.717, 1.165) is 5.56 Å². The van der Waals surface area contributed by atoms with Gasteiger partial charge >= 0.3 is 6.09 Å². The molecule has 1 atom stereocenters. The van der Waals surface area contributed by atoms with Crippen LogP contribution in [-0.4, -0.2) is 35.2 Å². The average molecular weight is 488 g/mol. The summed E-state index contributed by atoms with van der Waals surface area (Å²) in [5.74, 6) is -0.361. The number of hydrogen-bond acceptors (Lipinski definition) is 5. The molecule has 0 radical (unpaired) electrons. The molecule has 1 amide bonds. The summed E-state index contributed by atoms with van der Waals surface area (Å²) in [5.41, 5.74) is 2.04. The Balaban J connectivity index is 2.09. The standard InChI is InChI=1S/C23H19Cl2N3O3S/c1-31-23(30)28-22(32)27-20-15(12-13-8-4-2-5-9-13)17(24)16(18(25)19(20)26)21(29)14-10-6-3-7-11-14/h2-11,18,26H,12H2,1H3,(H2,27,28,30,32). The zero-order valence-corrected chi connectivity index (χ0v) is 19.3. The number of alkyl halides is 1. The van der Waals surface area contributed by atoms with Crippen LogP contribution in [0.4, 0.5) is 4.79 Å². The Bertz CT molecular complexity index is 1130. The molecule has 0 spiro atoms. The number of rotatable bonds is 5. The van der Waals surface area contributed by atoms with Gasteiger partial charge in [0.05, 0.1) is 23.6 Å². The lowest BCUT2D eigenvalue weighted by molar-refractivity contribution is 0.103. The van der Waals surface area contributed by atoms with Crippen molar-refractivity contribution in [2.24, 2.45) is 0 Å². The molecule has 0 fully saturated rings. The number of carbonyl (C=O) groups is 2. The lowest BCUT2D eigenvalue weighted by atomic mass is 9.86. The van der Waals surface area contributed by atoms with Crippen LogP contribution in [0, 0.1) is 5.41 Å². The summed E-state index contributed by atoms with van der Waals surface area (Å²) in [5, 5.41) is 12.7. The van der Waals surface area contributed by atoms with Crippen LogP contribution in [0.2, 0.25) is 0 Å². The number of benzene rings is 2. The zero-order chi connectivity index (χ0) is 23.3. The quantitative estimate of drug-likeness (QED) is 0.322. The first-order valence-corrected chi connectivity index (χ1v) is 10.7. The van der Waals surface area contributed by atoms with Crippen LogP contribution in [0.15, 0.2) is 82.5 Å². The van der Waals surface area contributed by atoms with E-state index in [1.54, 1.807) is 30.3 Å². The lowest BCUT2D eigenvalue weighted by Gasteiger charge is -2.28. The highest BCUT2D eigenvalue weighted by molar-refractivity contribution is 7.80. The zero-order valence-electron chi connectivity index (χ0n) is 16.9. The number of ketones is 1. The Morgan fingerprint density at radius 1 is 1.09 bits per heavy atom. The number of carbonyl (C=O) groups excluding carboxylic acids is 2. The average Bonchev–Trinajstić information content (AvgIpc) is 2.81. The Morgan fingerprint density at radius 2 is 1.69 bits per heavy atom. The minimum absolute atomic E-state index is 0.0877.